The van der Waals surface area contributed by atoms with Crippen LogP contribution in [0.3, 0.4) is 0 Å². The Morgan fingerprint density at radius 3 is 2.79 bits per heavy atom. The van der Waals surface area contributed by atoms with Gasteiger partial charge in [0, 0.05) is 17.1 Å². The van der Waals surface area contributed by atoms with Crippen LogP contribution in [-0.4, -0.2) is 10.9 Å². The Kier molecular flexibility index (Phi) is 4.04. The van der Waals surface area contributed by atoms with Gasteiger partial charge < -0.3 is 9.73 Å². The summed E-state index contributed by atoms with van der Waals surface area (Å²) in [5.41, 5.74) is 1.40. The lowest BCUT2D eigenvalue weighted by molar-refractivity contribution is 0.0993. The van der Waals surface area contributed by atoms with Crippen molar-refractivity contribution >= 4 is 27.5 Å². The predicted octanol–water partition coefficient (Wildman–Crippen LogP) is 4.12. The number of nitrogens with one attached hydrogen (secondary N) is 1. The fourth-order valence-corrected chi connectivity index (χ4v) is 2.15. The van der Waals surface area contributed by atoms with Gasteiger partial charge in [-0.05, 0) is 24.1 Å². The molecule has 4 nitrogen and oxygen atoms in total. The second-order valence-corrected chi connectivity index (χ2v) is 5.48. The summed E-state index contributed by atoms with van der Waals surface area (Å²) in [4.78, 5) is 16.5. The largest absolute Gasteiger partial charge is 0.436 e. The van der Waals surface area contributed by atoms with Crippen molar-refractivity contribution in [2.75, 3.05) is 5.32 Å². The third-order valence-corrected chi connectivity index (χ3v) is 3.09. The number of aromatic nitrogens is 1. The van der Waals surface area contributed by atoms with Crippen LogP contribution in [0.5, 0.6) is 0 Å². The molecule has 100 valence electrons. The third-order valence-electron chi connectivity index (χ3n) is 2.60. The van der Waals surface area contributed by atoms with E-state index in [2.05, 4.69) is 26.2 Å². The number of anilines is 1. The molecule has 0 bridgehead atoms. The first-order valence-corrected chi connectivity index (χ1v) is 6.81. The van der Waals surface area contributed by atoms with Crippen LogP contribution in [0.1, 0.15) is 41.9 Å². The maximum absolute atomic E-state index is 12.2. The van der Waals surface area contributed by atoms with Crippen LogP contribution >= 0.6 is 15.9 Å². The molecule has 0 saturated heterocycles. The minimum atomic E-state index is -0.276. The number of aryl methyl sites for hydroxylation is 1. The van der Waals surface area contributed by atoms with E-state index < -0.39 is 0 Å². The first-order valence-electron chi connectivity index (χ1n) is 6.01. The maximum Gasteiger partial charge on any atom is 0.293 e. The smallest absolute Gasteiger partial charge is 0.293 e. The highest BCUT2D eigenvalue weighted by Crippen LogP contribution is 2.22. The number of halogens is 1. The molecule has 1 N–H and O–H groups in total. The molecule has 0 atom stereocenters. The van der Waals surface area contributed by atoms with E-state index in [0.717, 1.165) is 4.47 Å². The average Bonchev–Trinajstić information content (AvgIpc) is 2.71. The minimum absolute atomic E-state index is 0.140. The summed E-state index contributed by atoms with van der Waals surface area (Å²) in [7, 11) is 0. The number of carbonyl (C=O) groups is 1. The van der Waals surface area contributed by atoms with Crippen molar-refractivity contribution in [1.82, 2.24) is 4.98 Å². The molecule has 0 radical (unpaired) electrons. The molecule has 0 spiro atoms. The molecule has 1 aromatic carbocycles. The van der Waals surface area contributed by atoms with Crippen molar-refractivity contribution < 1.29 is 9.21 Å². The topological polar surface area (TPSA) is 55.1 Å². The van der Waals surface area contributed by atoms with Crippen molar-refractivity contribution in [3.05, 3.63) is 46.1 Å². The van der Waals surface area contributed by atoms with Crippen LogP contribution < -0.4 is 5.32 Å². The summed E-state index contributed by atoms with van der Waals surface area (Å²) in [6.07, 6.45) is 0. The molecule has 0 aliphatic rings. The summed E-state index contributed by atoms with van der Waals surface area (Å²) in [5.74, 6) is 0.652. The second kappa shape index (κ2) is 5.57. The van der Waals surface area contributed by atoms with Gasteiger partial charge in [-0.1, -0.05) is 35.8 Å². The molecular formula is C14H15BrN2O2. The zero-order valence-corrected chi connectivity index (χ0v) is 12.6. The van der Waals surface area contributed by atoms with E-state index in [-0.39, 0.29) is 17.6 Å². The lowest BCUT2D eigenvalue weighted by atomic mass is 10.1. The van der Waals surface area contributed by atoms with Crippen molar-refractivity contribution in [3.8, 4) is 0 Å². The Balaban J connectivity index is 2.25. The Hall–Kier alpha value is -1.62. The molecule has 0 fully saturated rings. The van der Waals surface area contributed by atoms with Crippen molar-refractivity contribution in [3.63, 3.8) is 0 Å². The van der Waals surface area contributed by atoms with Crippen molar-refractivity contribution in [2.24, 2.45) is 0 Å². The second-order valence-electron chi connectivity index (χ2n) is 4.57. The number of oxazole rings is 1. The number of benzene rings is 1. The third kappa shape index (κ3) is 3.23. The number of hydrogen-bond donors (Lipinski definition) is 1. The molecule has 2 rings (SSSR count). The summed E-state index contributed by atoms with van der Waals surface area (Å²) < 4.78 is 6.31. The zero-order valence-electron chi connectivity index (χ0n) is 11.0. The number of amides is 1. The predicted molar refractivity (Wildman–Crippen MR) is 77.4 cm³/mol. The van der Waals surface area contributed by atoms with E-state index in [0.29, 0.717) is 17.3 Å². The van der Waals surface area contributed by atoms with Crippen LogP contribution in [0.15, 0.2) is 33.2 Å². The molecular weight excluding hydrogens is 308 g/mol. The standard InChI is InChI=1S/C14H15BrN2O2/c1-8(2)12-13(19-9(3)16-12)14(18)17-11-6-4-5-10(15)7-11/h4-8H,1-3H3,(H,17,18). The van der Waals surface area contributed by atoms with Crippen LogP contribution in [-0.2, 0) is 0 Å². The highest BCUT2D eigenvalue weighted by molar-refractivity contribution is 9.10. The van der Waals surface area contributed by atoms with E-state index in [4.69, 9.17) is 4.42 Å². The van der Waals surface area contributed by atoms with E-state index in [1.165, 1.54) is 0 Å². The molecule has 1 amide bonds. The van der Waals surface area contributed by atoms with Gasteiger partial charge in [0.25, 0.3) is 5.91 Å². The lowest BCUT2D eigenvalue weighted by Gasteiger charge is -2.06. The van der Waals surface area contributed by atoms with Gasteiger partial charge in [0.2, 0.25) is 5.76 Å². The molecule has 19 heavy (non-hydrogen) atoms. The fraction of sp³-hybridized carbons (Fsp3) is 0.286. The van der Waals surface area contributed by atoms with E-state index in [9.17, 15) is 4.79 Å². The van der Waals surface area contributed by atoms with E-state index in [1.807, 2.05) is 38.1 Å². The van der Waals surface area contributed by atoms with Crippen molar-refractivity contribution in [2.45, 2.75) is 26.7 Å². The molecule has 5 heteroatoms. The maximum atomic E-state index is 12.2. The van der Waals surface area contributed by atoms with Crippen LogP contribution in [0.25, 0.3) is 0 Å². The number of carbonyl (C=O) groups excluding carboxylic acids is 1. The molecule has 0 unspecified atom stereocenters. The van der Waals surface area contributed by atoms with Gasteiger partial charge in [-0.15, -0.1) is 0 Å². The summed E-state index contributed by atoms with van der Waals surface area (Å²) in [6.45, 7) is 5.70. The zero-order chi connectivity index (χ0) is 14.0. The van der Waals surface area contributed by atoms with Crippen LogP contribution in [0, 0.1) is 6.92 Å². The minimum Gasteiger partial charge on any atom is -0.436 e. The Morgan fingerprint density at radius 2 is 2.16 bits per heavy atom. The molecule has 0 saturated carbocycles. The first-order chi connectivity index (χ1) is 8.97. The monoisotopic (exact) mass is 322 g/mol. The van der Waals surface area contributed by atoms with Crippen LogP contribution in [0.4, 0.5) is 5.69 Å². The molecule has 1 aromatic heterocycles. The number of nitrogens with zero attached hydrogens (tertiary/aromatic N) is 1. The van der Waals surface area contributed by atoms with Gasteiger partial charge >= 0.3 is 0 Å². The van der Waals surface area contributed by atoms with Crippen LogP contribution in [0.2, 0.25) is 0 Å². The van der Waals surface area contributed by atoms with Crippen molar-refractivity contribution in [1.29, 1.82) is 0 Å². The van der Waals surface area contributed by atoms with Gasteiger partial charge in [0.1, 0.15) is 0 Å². The Bertz CT molecular complexity index is 605. The first kappa shape index (κ1) is 13.8. The molecule has 2 aromatic rings. The Morgan fingerprint density at radius 1 is 1.42 bits per heavy atom. The van der Waals surface area contributed by atoms with E-state index >= 15 is 0 Å². The molecule has 0 aliphatic heterocycles. The highest BCUT2D eigenvalue weighted by atomic mass is 79.9. The van der Waals surface area contributed by atoms with Gasteiger partial charge in [-0.2, -0.15) is 0 Å². The van der Waals surface area contributed by atoms with Gasteiger partial charge in [-0.25, -0.2) is 4.98 Å². The number of rotatable bonds is 3. The summed E-state index contributed by atoms with van der Waals surface area (Å²) in [6, 6.07) is 7.40. The molecule has 1 heterocycles. The summed E-state index contributed by atoms with van der Waals surface area (Å²) in [5, 5.41) is 2.80. The average molecular weight is 323 g/mol. The Labute approximate surface area is 120 Å². The van der Waals surface area contributed by atoms with Gasteiger partial charge in [0.05, 0.1) is 5.69 Å². The van der Waals surface area contributed by atoms with Gasteiger partial charge in [-0.3, -0.25) is 4.79 Å². The number of hydrogen-bond acceptors (Lipinski definition) is 3. The highest BCUT2D eigenvalue weighted by Gasteiger charge is 2.21. The SMILES string of the molecule is Cc1nc(C(C)C)c(C(=O)Nc2cccc(Br)c2)o1. The van der Waals surface area contributed by atoms with Gasteiger partial charge in [0.15, 0.2) is 5.89 Å². The quantitative estimate of drug-likeness (QED) is 0.924. The fourth-order valence-electron chi connectivity index (χ4n) is 1.75. The summed E-state index contributed by atoms with van der Waals surface area (Å²) >= 11 is 3.36. The molecule has 0 aliphatic carbocycles. The lowest BCUT2D eigenvalue weighted by Crippen LogP contribution is -2.13. The van der Waals surface area contributed by atoms with E-state index in [1.54, 1.807) is 6.92 Å². The normalized spacial score (nSPS) is 10.8.